The number of carbonyl (C=O) groups excluding carboxylic acids is 3. The number of amides is 1. The van der Waals surface area contributed by atoms with Crippen molar-refractivity contribution < 1.29 is 28.6 Å². The van der Waals surface area contributed by atoms with Gasteiger partial charge < -0.3 is 19.5 Å². The number of hydrogen-bond acceptors (Lipinski definition) is 8. The van der Waals surface area contributed by atoms with E-state index < -0.39 is 11.7 Å². The van der Waals surface area contributed by atoms with Crippen LogP contribution in [0.25, 0.3) is 0 Å². The van der Waals surface area contributed by atoms with Gasteiger partial charge in [-0.05, 0) is 67.7 Å². The Balaban J connectivity index is 1.63. The summed E-state index contributed by atoms with van der Waals surface area (Å²) in [5.74, 6) is -1.34. The van der Waals surface area contributed by atoms with Crippen molar-refractivity contribution in [3.05, 3.63) is 77.9 Å². The number of carbonyl (C=O) groups is 3. The maximum atomic E-state index is 13.2. The van der Waals surface area contributed by atoms with E-state index in [1.54, 1.807) is 12.4 Å². The highest BCUT2D eigenvalue weighted by atomic mass is 16.5. The van der Waals surface area contributed by atoms with Crippen molar-refractivity contribution in [3.8, 4) is 17.2 Å². The standard InChI is InChI=1S/C32H39N3O6/c1-22(25(13-5-9-23-11-7-15-33-19-23)14-6-10-24-12-8-16-34-20-24)27(36)21-35-32(38)31(37)30-28(40-3)17-26(39-2)18-29(30)41-4/h7-8,11-12,15-20,22,25H,5-6,9-10,13-14,21H2,1-4H3,(H,35,38). The van der Waals surface area contributed by atoms with E-state index in [-0.39, 0.29) is 41.2 Å². The molecular weight excluding hydrogens is 522 g/mol. The zero-order chi connectivity index (χ0) is 29.6. The molecule has 1 unspecified atom stereocenters. The van der Waals surface area contributed by atoms with Crippen LogP contribution >= 0.6 is 0 Å². The monoisotopic (exact) mass is 561 g/mol. The fourth-order valence-corrected chi connectivity index (χ4v) is 4.89. The molecule has 0 saturated carbocycles. The second-order valence-corrected chi connectivity index (χ2v) is 9.94. The number of pyridine rings is 2. The first-order chi connectivity index (χ1) is 19.9. The SMILES string of the molecule is COc1cc(OC)c(C(=O)C(=O)NCC(=O)C(C)C(CCCc2cccnc2)CCCc2cccnc2)c(OC)c1. The number of ether oxygens (including phenoxy) is 3. The molecule has 1 aromatic carbocycles. The summed E-state index contributed by atoms with van der Waals surface area (Å²) >= 11 is 0. The van der Waals surface area contributed by atoms with Gasteiger partial charge in [0.2, 0.25) is 0 Å². The highest BCUT2D eigenvalue weighted by molar-refractivity contribution is 6.44. The van der Waals surface area contributed by atoms with Gasteiger partial charge in [-0.25, -0.2) is 0 Å². The third-order valence-corrected chi connectivity index (χ3v) is 7.31. The van der Waals surface area contributed by atoms with Crippen molar-refractivity contribution in [3.63, 3.8) is 0 Å². The second-order valence-electron chi connectivity index (χ2n) is 9.94. The van der Waals surface area contributed by atoms with Gasteiger partial charge in [-0.15, -0.1) is 0 Å². The van der Waals surface area contributed by atoms with Crippen molar-refractivity contribution >= 4 is 17.5 Å². The fraction of sp³-hybridized carbons (Fsp3) is 0.406. The summed E-state index contributed by atoms with van der Waals surface area (Å²) in [5.41, 5.74) is 2.30. The Morgan fingerprint density at radius 1 is 0.829 bits per heavy atom. The third-order valence-electron chi connectivity index (χ3n) is 7.31. The van der Waals surface area contributed by atoms with Crippen LogP contribution in [0.2, 0.25) is 0 Å². The quantitative estimate of drug-likeness (QED) is 0.187. The van der Waals surface area contributed by atoms with E-state index >= 15 is 0 Å². The van der Waals surface area contributed by atoms with Gasteiger partial charge >= 0.3 is 0 Å². The molecule has 0 saturated heterocycles. The van der Waals surface area contributed by atoms with Crippen LogP contribution in [-0.4, -0.2) is 55.3 Å². The fourth-order valence-electron chi connectivity index (χ4n) is 4.89. The lowest BCUT2D eigenvalue weighted by Gasteiger charge is -2.23. The maximum Gasteiger partial charge on any atom is 0.293 e. The highest BCUT2D eigenvalue weighted by Crippen LogP contribution is 2.34. The molecule has 0 radical (unpaired) electrons. The lowest BCUT2D eigenvalue weighted by molar-refractivity contribution is -0.126. The topological polar surface area (TPSA) is 117 Å². The summed E-state index contributed by atoms with van der Waals surface area (Å²) < 4.78 is 15.8. The van der Waals surface area contributed by atoms with Gasteiger partial charge in [0.05, 0.1) is 27.9 Å². The minimum absolute atomic E-state index is 0.0301. The van der Waals surface area contributed by atoms with Crippen molar-refractivity contribution in [1.29, 1.82) is 0 Å². The molecule has 3 rings (SSSR count). The number of ketones is 2. The van der Waals surface area contributed by atoms with E-state index in [2.05, 4.69) is 27.4 Å². The average molecular weight is 562 g/mol. The average Bonchev–Trinajstić information content (AvgIpc) is 3.02. The number of nitrogens with zero attached hydrogens (tertiary/aromatic N) is 2. The number of nitrogens with one attached hydrogen (secondary N) is 1. The van der Waals surface area contributed by atoms with Gasteiger partial charge in [0, 0.05) is 42.8 Å². The normalized spacial score (nSPS) is 11.5. The maximum absolute atomic E-state index is 13.2. The van der Waals surface area contributed by atoms with Crippen LogP contribution in [-0.2, 0) is 22.4 Å². The van der Waals surface area contributed by atoms with Crippen molar-refractivity contribution in [2.75, 3.05) is 27.9 Å². The minimum atomic E-state index is -0.906. The van der Waals surface area contributed by atoms with E-state index in [1.807, 2.05) is 31.5 Å². The van der Waals surface area contributed by atoms with Crippen LogP contribution in [0.5, 0.6) is 17.2 Å². The van der Waals surface area contributed by atoms with Gasteiger partial charge in [-0.3, -0.25) is 24.4 Å². The predicted molar refractivity (Wildman–Crippen MR) is 155 cm³/mol. The zero-order valence-electron chi connectivity index (χ0n) is 24.2. The largest absolute Gasteiger partial charge is 0.496 e. The number of hydrogen-bond donors (Lipinski definition) is 1. The first-order valence-electron chi connectivity index (χ1n) is 13.8. The van der Waals surface area contributed by atoms with Gasteiger partial charge in [0.1, 0.15) is 22.8 Å². The molecule has 9 heteroatoms. The molecule has 2 aromatic heterocycles. The molecule has 0 aliphatic heterocycles. The molecule has 41 heavy (non-hydrogen) atoms. The van der Waals surface area contributed by atoms with Gasteiger partial charge in [0.25, 0.3) is 11.7 Å². The third kappa shape index (κ3) is 9.13. The molecular formula is C32H39N3O6. The highest BCUT2D eigenvalue weighted by Gasteiger charge is 2.28. The Labute approximate surface area is 241 Å². The number of rotatable bonds is 17. The molecule has 2 heterocycles. The summed E-state index contributed by atoms with van der Waals surface area (Å²) in [6, 6.07) is 11.0. The van der Waals surface area contributed by atoms with Crippen LogP contribution in [0.3, 0.4) is 0 Å². The van der Waals surface area contributed by atoms with E-state index in [0.717, 1.165) is 49.7 Å². The number of aromatic nitrogens is 2. The van der Waals surface area contributed by atoms with Gasteiger partial charge in [-0.1, -0.05) is 19.1 Å². The Kier molecular flexibility index (Phi) is 12.3. The molecule has 9 nitrogen and oxygen atoms in total. The summed E-state index contributed by atoms with van der Waals surface area (Å²) in [7, 11) is 4.24. The molecule has 1 amide bonds. The molecule has 3 aromatic rings. The van der Waals surface area contributed by atoms with Crippen molar-refractivity contribution in [1.82, 2.24) is 15.3 Å². The Morgan fingerprint density at radius 2 is 1.37 bits per heavy atom. The van der Waals surface area contributed by atoms with Crippen LogP contribution in [0.15, 0.2) is 61.2 Å². The molecule has 0 aliphatic rings. The predicted octanol–water partition coefficient (Wildman–Crippen LogP) is 4.67. The van der Waals surface area contributed by atoms with Crippen molar-refractivity contribution in [2.45, 2.75) is 45.4 Å². The minimum Gasteiger partial charge on any atom is -0.496 e. The Bertz CT molecular complexity index is 1210. The molecule has 0 bridgehead atoms. The van der Waals surface area contributed by atoms with Crippen LogP contribution in [0.1, 0.15) is 54.1 Å². The number of aryl methyl sites for hydroxylation is 2. The summed E-state index contributed by atoms with van der Waals surface area (Å²) in [5, 5.41) is 2.51. The van der Waals surface area contributed by atoms with E-state index in [1.165, 1.54) is 33.5 Å². The molecule has 1 N–H and O–H groups in total. The number of benzene rings is 1. The van der Waals surface area contributed by atoms with Gasteiger partial charge in [0.15, 0.2) is 5.78 Å². The van der Waals surface area contributed by atoms with Crippen LogP contribution in [0.4, 0.5) is 0 Å². The van der Waals surface area contributed by atoms with Crippen molar-refractivity contribution in [2.24, 2.45) is 11.8 Å². The van der Waals surface area contributed by atoms with Crippen LogP contribution < -0.4 is 19.5 Å². The Hall–Kier alpha value is -4.27. The summed E-state index contributed by atoms with van der Waals surface area (Å²) in [6.45, 7) is 1.67. The second kappa shape index (κ2) is 16.1. The van der Waals surface area contributed by atoms with E-state index in [0.29, 0.717) is 5.75 Å². The first-order valence-corrected chi connectivity index (χ1v) is 13.8. The van der Waals surface area contributed by atoms with E-state index in [9.17, 15) is 14.4 Å². The van der Waals surface area contributed by atoms with Gasteiger partial charge in [-0.2, -0.15) is 0 Å². The van der Waals surface area contributed by atoms with E-state index in [4.69, 9.17) is 14.2 Å². The zero-order valence-corrected chi connectivity index (χ0v) is 24.2. The molecule has 218 valence electrons. The number of Topliss-reactive ketones (excluding diaryl/α,β-unsaturated/α-hetero) is 2. The Morgan fingerprint density at radius 3 is 1.80 bits per heavy atom. The smallest absolute Gasteiger partial charge is 0.293 e. The molecule has 0 aliphatic carbocycles. The van der Waals surface area contributed by atoms with Crippen LogP contribution in [0, 0.1) is 11.8 Å². The lowest BCUT2D eigenvalue weighted by atomic mass is 9.82. The molecule has 1 atom stereocenters. The number of methoxy groups -OCH3 is 3. The molecule has 0 fully saturated rings. The summed E-state index contributed by atoms with van der Waals surface area (Å²) in [6.07, 6.45) is 12.6. The molecule has 0 spiro atoms. The lowest BCUT2D eigenvalue weighted by Crippen LogP contribution is -2.38. The summed E-state index contributed by atoms with van der Waals surface area (Å²) in [4.78, 5) is 47.5. The first kappa shape index (κ1) is 31.3.